The summed E-state index contributed by atoms with van der Waals surface area (Å²) < 4.78 is 40.0. The molecule has 3 aromatic rings. The normalized spacial score (nSPS) is 40.5. The molecule has 1 saturated heterocycles. The van der Waals surface area contributed by atoms with Crippen LogP contribution in [0.25, 0.3) is 0 Å². The average Bonchev–Trinajstić information content (AvgIpc) is 3.24. The molecule has 0 spiro atoms. The van der Waals surface area contributed by atoms with Gasteiger partial charge >= 0.3 is 21.4 Å². The molecular formula is C51H63B3O6. The summed E-state index contributed by atoms with van der Waals surface area (Å²) >= 11 is 0. The summed E-state index contributed by atoms with van der Waals surface area (Å²) in [6, 6.07) is 20.4. The Morgan fingerprint density at radius 1 is 0.367 bits per heavy atom. The summed E-state index contributed by atoms with van der Waals surface area (Å²) in [4.78, 5) is 0. The maximum absolute atomic E-state index is 7.13. The SMILES string of the molecule is COc1ccc(B2OB(c3ccc(OC)c(C45CC6CC(CC(C6)C4)C5)c3)OB(c3ccc(OC)c(C45CC6CC(CC(C6)C4)C5)c3)O2)cc1C12CC3CC(CC(C3)C1)C2. The number of benzene rings is 3. The van der Waals surface area contributed by atoms with Crippen molar-refractivity contribution in [2.45, 2.75) is 132 Å². The number of rotatable bonds is 9. The first-order valence-corrected chi connectivity index (χ1v) is 24.3. The van der Waals surface area contributed by atoms with Gasteiger partial charge in [-0.05, 0) is 236 Å². The quantitative estimate of drug-likeness (QED) is 0.202. The van der Waals surface area contributed by atoms with E-state index in [2.05, 4.69) is 54.6 Å². The molecule has 0 amide bonds. The van der Waals surface area contributed by atoms with E-state index in [0.29, 0.717) is 0 Å². The zero-order valence-electron chi connectivity index (χ0n) is 36.3. The molecule has 13 fully saturated rings. The molecule has 9 heteroatoms. The maximum atomic E-state index is 7.13. The van der Waals surface area contributed by atoms with Gasteiger partial charge in [0.05, 0.1) is 21.3 Å². The van der Waals surface area contributed by atoms with Gasteiger partial charge in [-0.25, -0.2) is 0 Å². The molecule has 16 rings (SSSR count). The Morgan fingerprint density at radius 3 is 0.783 bits per heavy atom. The molecule has 0 N–H and O–H groups in total. The highest BCUT2D eigenvalue weighted by molar-refractivity contribution is 6.87. The first-order valence-electron chi connectivity index (χ1n) is 24.3. The molecule has 312 valence electrons. The smallest absolute Gasteiger partial charge is 0.467 e. The molecule has 12 aliphatic carbocycles. The monoisotopic (exact) mass is 804 g/mol. The molecule has 3 aromatic carbocycles. The fourth-order valence-corrected chi connectivity index (χ4v) is 18.1. The highest BCUT2D eigenvalue weighted by atomic mass is 16.7. The molecule has 0 aromatic heterocycles. The van der Waals surface area contributed by atoms with Gasteiger partial charge in [0.1, 0.15) is 17.2 Å². The lowest BCUT2D eigenvalue weighted by Crippen LogP contribution is -2.61. The van der Waals surface area contributed by atoms with Crippen LogP contribution in [0.2, 0.25) is 0 Å². The predicted molar refractivity (Wildman–Crippen MR) is 238 cm³/mol. The molecule has 60 heavy (non-hydrogen) atoms. The summed E-state index contributed by atoms with van der Waals surface area (Å²) in [5, 5.41) is 0. The van der Waals surface area contributed by atoms with Crippen molar-refractivity contribution >= 4 is 37.7 Å². The predicted octanol–water partition coefficient (Wildman–Crippen LogP) is 8.67. The third-order valence-electron chi connectivity index (χ3n) is 19.1. The highest BCUT2D eigenvalue weighted by Crippen LogP contribution is 2.64. The van der Waals surface area contributed by atoms with Crippen molar-refractivity contribution in [3.05, 3.63) is 71.3 Å². The minimum Gasteiger partial charge on any atom is -0.496 e. The number of hydrogen-bond donors (Lipinski definition) is 0. The van der Waals surface area contributed by atoms with Crippen LogP contribution in [0.5, 0.6) is 17.2 Å². The fraction of sp³-hybridized carbons (Fsp3) is 0.647. The average molecular weight is 804 g/mol. The lowest BCUT2D eigenvalue weighted by Gasteiger charge is -2.57. The number of ether oxygens (including phenoxy) is 3. The van der Waals surface area contributed by atoms with Crippen LogP contribution in [0.4, 0.5) is 0 Å². The summed E-state index contributed by atoms with van der Waals surface area (Å²) in [5.74, 6) is 10.6. The van der Waals surface area contributed by atoms with Gasteiger partial charge in [-0.3, -0.25) is 0 Å². The molecule has 6 nitrogen and oxygen atoms in total. The summed E-state index contributed by atoms with van der Waals surface area (Å²) in [6.45, 7) is 0. The van der Waals surface area contributed by atoms with Crippen LogP contribution in [-0.2, 0) is 30.0 Å². The first-order chi connectivity index (χ1) is 29.3. The second kappa shape index (κ2) is 13.8. The summed E-state index contributed by atoms with van der Waals surface area (Å²) in [5.41, 5.74) is 7.81. The molecule has 12 bridgehead atoms. The van der Waals surface area contributed by atoms with Gasteiger partial charge in [0.25, 0.3) is 0 Å². The van der Waals surface area contributed by atoms with Crippen molar-refractivity contribution in [3.8, 4) is 17.2 Å². The van der Waals surface area contributed by atoms with E-state index in [9.17, 15) is 0 Å². The van der Waals surface area contributed by atoms with E-state index in [1.165, 1.54) is 132 Å². The fourth-order valence-electron chi connectivity index (χ4n) is 18.1. The highest BCUT2D eigenvalue weighted by Gasteiger charge is 2.56. The minimum absolute atomic E-state index is 0.172. The Bertz CT molecular complexity index is 1830. The summed E-state index contributed by atoms with van der Waals surface area (Å²) in [6.07, 6.45) is 24.2. The van der Waals surface area contributed by atoms with Crippen LogP contribution < -0.4 is 30.6 Å². The topological polar surface area (TPSA) is 55.4 Å². The van der Waals surface area contributed by atoms with E-state index in [0.717, 1.165) is 86.9 Å². The van der Waals surface area contributed by atoms with E-state index in [1.54, 1.807) is 0 Å². The second-order valence-electron chi connectivity index (χ2n) is 22.9. The lowest BCUT2D eigenvalue weighted by molar-refractivity contribution is -0.00625. The third kappa shape index (κ3) is 5.93. The van der Waals surface area contributed by atoms with E-state index in [-0.39, 0.29) is 16.2 Å². The Morgan fingerprint density at radius 2 is 0.583 bits per heavy atom. The van der Waals surface area contributed by atoms with Crippen LogP contribution >= 0.6 is 0 Å². The van der Waals surface area contributed by atoms with E-state index in [4.69, 9.17) is 27.9 Å². The van der Waals surface area contributed by atoms with Crippen molar-refractivity contribution in [3.63, 3.8) is 0 Å². The molecule has 1 aliphatic heterocycles. The van der Waals surface area contributed by atoms with Gasteiger partial charge in [-0.1, -0.05) is 36.4 Å². The van der Waals surface area contributed by atoms with Crippen LogP contribution in [0, 0.1) is 53.3 Å². The van der Waals surface area contributed by atoms with Gasteiger partial charge in [0.15, 0.2) is 0 Å². The Kier molecular flexibility index (Phi) is 8.67. The molecule has 12 saturated carbocycles. The third-order valence-corrected chi connectivity index (χ3v) is 19.1. The van der Waals surface area contributed by atoms with Crippen LogP contribution in [0.3, 0.4) is 0 Å². The van der Waals surface area contributed by atoms with Gasteiger partial charge in [-0.2, -0.15) is 0 Å². The van der Waals surface area contributed by atoms with Gasteiger partial charge in [0.2, 0.25) is 0 Å². The van der Waals surface area contributed by atoms with Crippen LogP contribution in [0.1, 0.15) is 132 Å². The molecule has 0 atom stereocenters. The van der Waals surface area contributed by atoms with Gasteiger partial charge in [-0.15, -0.1) is 0 Å². The van der Waals surface area contributed by atoms with E-state index >= 15 is 0 Å². The van der Waals surface area contributed by atoms with Crippen LogP contribution in [0.15, 0.2) is 54.6 Å². The van der Waals surface area contributed by atoms with Crippen molar-refractivity contribution in [1.82, 2.24) is 0 Å². The van der Waals surface area contributed by atoms with E-state index in [1.807, 2.05) is 21.3 Å². The number of methoxy groups -OCH3 is 3. The number of hydrogen-bond acceptors (Lipinski definition) is 6. The molecule has 0 radical (unpaired) electrons. The Hall–Kier alpha value is -2.87. The lowest BCUT2D eigenvalue weighted by atomic mass is 9.47. The largest absolute Gasteiger partial charge is 0.496 e. The molecule has 1 heterocycles. The van der Waals surface area contributed by atoms with E-state index < -0.39 is 21.4 Å². The summed E-state index contributed by atoms with van der Waals surface area (Å²) in [7, 11) is 3.72. The zero-order chi connectivity index (χ0) is 40.0. The Labute approximate surface area is 359 Å². The van der Waals surface area contributed by atoms with Crippen molar-refractivity contribution < 1.29 is 27.9 Å². The second-order valence-corrected chi connectivity index (χ2v) is 22.9. The van der Waals surface area contributed by atoms with Gasteiger partial charge in [0, 0.05) is 0 Å². The maximum Gasteiger partial charge on any atom is 0.467 e. The molecular weight excluding hydrogens is 741 g/mol. The first kappa shape index (κ1) is 37.7. The van der Waals surface area contributed by atoms with Crippen LogP contribution in [-0.4, -0.2) is 42.7 Å². The van der Waals surface area contributed by atoms with Crippen molar-refractivity contribution in [2.75, 3.05) is 21.3 Å². The van der Waals surface area contributed by atoms with Crippen molar-refractivity contribution in [2.24, 2.45) is 53.3 Å². The standard InChI is InChI=1S/C51H63B3O6/c1-55-46-7-4-40(19-43(46)49-22-31-10-32(23-49)12-33(11-31)24-49)52-58-53(41-5-8-47(56-2)44(20-41)50-25-34-13-35(26-50)15-36(14-34)27-50)60-54(59-52)42-6-9-48(57-3)45(21-42)51-28-37-16-38(29-51)18-39(17-37)30-51/h4-9,19-21,31-39H,10-18,22-30H2,1-3H3. The molecule has 0 unspecified atom stereocenters. The van der Waals surface area contributed by atoms with Gasteiger partial charge < -0.3 is 27.9 Å². The molecule has 13 aliphatic rings. The van der Waals surface area contributed by atoms with Crippen molar-refractivity contribution in [1.29, 1.82) is 0 Å². The zero-order valence-corrected chi connectivity index (χ0v) is 36.3. The Balaban J connectivity index is 0.899. The minimum atomic E-state index is -0.609.